The van der Waals surface area contributed by atoms with E-state index >= 15 is 0 Å². The first kappa shape index (κ1) is 41.1. The lowest BCUT2D eigenvalue weighted by Gasteiger charge is -2.37. The number of likely N-dealkylation sites (N-methyl/N-ethyl adjacent to an activating group) is 1. The van der Waals surface area contributed by atoms with Crippen LogP contribution in [0.15, 0.2) is 66.9 Å². The molecular formula is C39H49F2N7O7. The SMILES string of the molecule is C1CCNC1.CN(C(=O)C(N)COC(=O)NCCOCCN1C(=O)C=CC1=O)C(c1nc(-c2cc(F)ccc2F)cn1Cc1ccccc1)C1CCOCC1. The van der Waals surface area contributed by atoms with E-state index in [-0.39, 0.29) is 43.5 Å². The molecule has 14 nitrogen and oxygen atoms in total. The summed E-state index contributed by atoms with van der Waals surface area (Å²) in [5.41, 5.74) is 7.40. The summed E-state index contributed by atoms with van der Waals surface area (Å²) in [5.74, 6) is -2.20. The Kier molecular flexibility index (Phi) is 15.4. The van der Waals surface area contributed by atoms with Crippen molar-refractivity contribution in [3.8, 4) is 11.3 Å². The lowest BCUT2D eigenvalue weighted by Crippen LogP contribution is -2.49. The summed E-state index contributed by atoms with van der Waals surface area (Å²) in [6.45, 7) is 3.73. The number of aromatic nitrogens is 2. The average molecular weight is 766 g/mol. The number of benzene rings is 2. The Morgan fingerprint density at radius 1 is 1.05 bits per heavy atom. The number of rotatable bonds is 15. The van der Waals surface area contributed by atoms with E-state index in [1.165, 1.54) is 43.0 Å². The molecule has 2 fully saturated rings. The van der Waals surface area contributed by atoms with Gasteiger partial charge in [-0.05, 0) is 68.5 Å². The highest BCUT2D eigenvalue weighted by Gasteiger charge is 2.37. The second kappa shape index (κ2) is 20.6. The van der Waals surface area contributed by atoms with E-state index in [0.717, 1.165) is 28.7 Å². The van der Waals surface area contributed by atoms with Crippen LogP contribution in [0.4, 0.5) is 13.6 Å². The van der Waals surface area contributed by atoms with Gasteiger partial charge in [-0.1, -0.05) is 30.3 Å². The molecule has 55 heavy (non-hydrogen) atoms. The van der Waals surface area contributed by atoms with E-state index < -0.39 is 54.1 Å². The Morgan fingerprint density at radius 2 is 1.76 bits per heavy atom. The van der Waals surface area contributed by atoms with Crippen molar-refractivity contribution < 1.29 is 42.2 Å². The minimum atomic E-state index is -1.22. The Labute approximate surface area is 319 Å². The molecule has 16 heteroatoms. The molecule has 4 N–H and O–H groups in total. The van der Waals surface area contributed by atoms with Crippen LogP contribution in [-0.2, 0) is 35.1 Å². The van der Waals surface area contributed by atoms with Crippen LogP contribution in [0.5, 0.6) is 0 Å². The van der Waals surface area contributed by atoms with Gasteiger partial charge >= 0.3 is 6.09 Å². The highest BCUT2D eigenvalue weighted by Crippen LogP contribution is 2.36. The van der Waals surface area contributed by atoms with E-state index in [1.807, 2.05) is 34.9 Å². The number of imide groups is 1. The number of hydrogen-bond donors (Lipinski definition) is 3. The zero-order valence-electron chi connectivity index (χ0n) is 31.0. The van der Waals surface area contributed by atoms with Crippen LogP contribution in [0.1, 0.15) is 43.1 Å². The van der Waals surface area contributed by atoms with E-state index in [1.54, 1.807) is 13.2 Å². The van der Waals surface area contributed by atoms with Gasteiger partial charge in [0.05, 0.1) is 31.5 Å². The summed E-state index contributed by atoms with van der Waals surface area (Å²) >= 11 is 0. The molecule has 2 saturated heterocycles. The summed E-state index contributed by atoms with van der Waals surface area (Å²) in [6.07, 6.45) is 7.22. The maximum absolute atomic E-state index is 14.9. The number of nitrogens with two attached hydrogens (primary N) is 1. The van der Waals surface area contributed by atoms with Crippen molar-refractivity contribution >= 4 is 23.8 Å². The minimum Gasteiger partial charge on any atom is -0.447 e. The average Bonchev–Trinajstić information content (AvgIpc) is 3.98. The molecule has 2 atom stereocenters. The molecule has 0 bridgehead atoms. The molecule has 0 saturated carbocycles. The normalized spacial score (nSPS) is 16.8. The summed E-state index contributed by atoms with van der Waals surface area (Å²) in [6, 6.07) is 10.9. The van der Waals surface area contributed by atoms with Gasteiger partial charge in [-0.25, -0.2) is 18.6 Å². The number of halogens is 2. The van der Waals surface area contributed by atoms with Crippen molar-refractivity contribution in [1.29, 1.82) is 0 Å². The van der Waals surface area contributed by atoms with Crippen LogP contribution >= 0.6 is 0 Å². The summed E-state index contributed by atoms with van der Waals surface area (Å²) < 4.78 is 47.2. The standard InChI is InChI=1S/C35H40F2N6O7.C4H9N/c1-41(34(46)28(38)22-50-35(47)39-13-17-49-18-14-43-30(44)9-10-31(43)45)32(24-11-15-48-16-12-24)33-40-29(26-19-25(36)7-8-27(26)37)21-42(33)20-23-5-3-2-4-6-23;1-2-4-5-3-1/h2-10,19,21,24,28,32H,11-18,20,22,38H2,1H3,(H,39,47);5H,1-4H2. The number of ether oxygens (including phenoxy) is 3. The van der Waals surface area contributed by atoms with Crippen LogP contribution in [0.25, 0.3) is 11.3 Å². The molecule has 3 aliphatic rings. The number of alkyl carbamates (subject to hydrolysis) is 1. The fraction of sp³-hybridized carbons (Fsp3) is 0.462. The predicted molar refractivity (Wildman–Crippen MR) is 198 cm³/mol. The van der Waals surface area contributed by atoms with Gasteiger partial charge in [0, 0.05) is 57.3 Å². The molecule has 0 aliphatic carbocycles. The fourth-order valence-corrected chi connectivity index (χ4v) is 6.57. The smallest absolute Gasteiger partial charge is 0.407 e. The van der Waals surface area contributed by atoms with Crippen molar-refractivity contribution in [2.75, 3.05) is 66.3 Å². The third-order valence-corrected chi connectivity index (χ3v) is 9.49. The third kappa shape index (κ3) is 11.7. The first-order valence-corrected chi connectivity index (χ1v) is 18.5. The Hall–Kier alpha value is -5.03. The number of imidazole rings is 1. The largest absolute Gasteiger partial charge is 0.447 e. The maximum Gasteiger partial charge on any atom is 0.407 e. The lowest BCUT2D eigenvalue weighted by atomic mass is 9.89. The molecule has 4 amide bonds. The molecule has 2 aromatic carbocycles. The number of carbonyl (C=O) groups excluding carboxylic acids is 4. The molecule has 4 heterocycles. The van der Waals surface area contributed by atoms with Crippen LogP contribution in [-0.4, -0.2) is 115 Å². The minimum absolute atomic E-state index is 0.00613. The number of nitrogens with zero attached hydrogens (tertiary/aromatic N) is 4. The number of carbonyl (C=O) groups is 4. The fourth-order valence-electron chi connectivity index (χ4n) is 6.57. The Bertz CT molecular complexity index is 1760. The first-order valence-electron chi connectivity index (χ1n) is 18.5. The molecule has 0 spiro atoms. The summed E-state index contributed by atoms with van der Waals surface area (Å²) in [4.78, 5) is 56.6. The zero-order valence-corrected chi connectivity index (χ0v) is 31.0. The van der Waals surface area contributed by atoms with Gasteiger partial charge < -0.3 is 40.0 Å². The van der Waals surface area contributed by atoms with Gasteiger partial charge in [-0.2, -0.15) is 0 Å². The van der Waals surface area contributed by atoms with E-state index in [2.05, 4.69) is 10.6 Å². The Morgan fingerprint density at radius 3 is 2.44 bits per heavy atom. The van der Waals surface area contributed by atoms with Crippen molar-refractivity contribution in [2.45, 2.75) is 44.3 Å². The van der Waals surface area contributed by atoms with Crippen molar-refractivity contribution in [3.63, 3.8) is 0 Å². The van der Waals surface area contributed by atoms with Crippen LogP contribution < -0.4 is 16.4 Å². The quantitative estimate of drug-likeness (QED) is 0.154. The van der Waals surface area contributed by atoms with Gasteiger partial charge in [0.15, 0.2) is 0 Å². The summed E-state index contributed by atoms with van der Waals surface area (Å²) in [5, 5.41) is 5.72. The van der Waals surface area contributed by atoms with Gasteiger partial charge in [0.1, 0.15) is 30.1 Å². The molecule has 6 rings (SSSR count). The molecule has 3 aromatic rings. The molecule has 1 aromatic heterocycles. The molecule has 0 radical (unpaired) electrons. The number of nitrogens with one attached hydrogen (secondary N) is 2. The number of amides is 4. The summed E-state index contributed by atoms with van der Waals surface area (Å²) in [7, 11) is 1.60. The zero-order chi connectivity index (χ0) is 39.2. The van der Waals surface area contributed by atoms with Crippen molar-refractivity contribution in [2.24, 2.45) is 11.7 Å². The monoisotopic (exact) mass is 765 g/mol. The van der Waals surface area contributed by atoms with E-state index in [4.69, 9.17) is 24.9 Å². The van der Waals surface area contributed by atoms with Crippen molar-refractivity contribution in [1.82, 2.24) is 30.0 Å². The van der Waals surface area contributed by atoms with Gasteiger partial charge in [-0.15, -0.1) is 0 Å². The molecule has 3 aliphatic heterocycles. The van der Waals surface area contributed by atoms with E-state index in [9.17, 15) is 28.0 Å². The van der Waals surface area contributed by atoms with Gasteiger partial charge in [0.25, 0.3) is 11.8 Å². The third-order valence-electron chi connectivity index (χ3n) is 9.49. The second-order valence-electron chi connectivity index (χ2n) is 13.4. The second-order valence-corrected chi connectivity index (χ2v) is 13.4. The van der Waals surface area contributed by atoms with Gasteiger partial charge in [0.2, 0.25) is 5.91 Å². The predicted octanol–water partition coefficient (Wildman–Crippen LogP) is 3.17. The van der Waals surface area contributed by atoms with Gasteiger partial charge in [-0.3, -0.25) is 19.3 Å². The maximum atomic E-state index is 14.9. The molecule has 2 unspecified atom stereocenters. The Balaban J connectivity index is 0.00000107. The van der Waals surface area contributed by atoms with E-state index in [0.29, 0.717) is 38.4 Å². The van der Waals surface area contributed by atoms with Crippen LogP contribution in [0.3, 0.4) is 0 Å². The molecular weight excluding hydrogens is 716 g/mol. The highest BCUT2D eigenvalue weighted by atomic mass is 19.1. The highest BCUT2D eigenvalue weighted by molar-refractivity contribution is 6.12. The molecule has 296 valence electrons. The van der Waals surface area contributed by atoms with Crippen LogP contribution in [0.2, 0.25) is 0 Å². The topological polar surface area (TPSA) is 170 Å². The van der Waals surface area contributed by atoms with Crippen LogP contribution in [0, 0.1) is 17.6 Å². The lowest BCUT2D eigenvalue weighted by molar-refractivity contribution is -0.138. The first-order chi connectivity index (χ1) is 26.6. The number of hydrogen-bond acceptors (Lipinski definition) is 10. The van der Waals surface area contributed by atoms with Crippen molar-refractivity contribution in [3.05, 3.63) is 89.9 Å².